The molecule has 30 heavy (non-hydrogen) atoms. The van der Waals surface area contributed by atoms with E-state index in [0.29, 0.717) is 18.7 Å². The third-order valence-corrected chi connectivity index (χ3v) is 6.28. The highest BCUT2D eigenvalue weighted by Gasteiger charge is 2.28. The Morgan fingerprint density at radius 1 is 1.10 bits per heavy atom. The van der Waals surface area contributed by atoms with E-state index in [1.54, 1.807) is 6.07 Å². The summed E-state index contributed by atoms with van der Waals surface area (Å²) in [6, 6.07) is 13.0. The molecule has 5 nitrogen and oxygen atoms in total. The van der Waals surface area contributed by atoms with Crippen LogP contribution in [0.5, 0.6) is 0 Å². The largest absolute Gasteiger partial charge is 0.356 e. The fourth-order valence-electron chi connectivity index (χ4n) is 4.59. The van der Waals surface area contributed by atoms with Crippen molar-refractivity contribution in [1.29, 1.82) is 0 Å². The van der Waals surface area contributed by atoms with Crippen molar-refractivity contribution in [3.63, 3.8) is 0 Å². The molecule has 0 spiro atoms. The lowest BCUT2D eigenvalue weighted by Gasteiger charge is -2.34. The van der Waals surface area contributed by atoms with Gasteiger partial charge in [-0.2, -0.15) is 0 Å². The number of aromatic nitrogens is 1. The number of carbonyl (C=O) groups is 1. The number of amides is 1. The van der Waals surface area contributed by atoms with Crippen molar-refractivity contribution in [3.05, 3.63) is 65.1 Å². The van der Waals surface area contributed by atoms with Crippen LogP contribution in [0.1, 0.15) is 35.6 Å². The number of benzene rings is 2. The lowest BCUT2D eigenvalue weighted by molar-refractivity contribution is -0.133. The monoisotopic (exact) mass is 429 g/mol. The Morgan fingerprint density at radius 2 is 1.87 bits per heavy atom. The van der Waals surface area contributed by atoms with Gasteiger partial charge in [0.05, 0.1) is 12.2 Å². The predicted molar refractivity (Wildman–Crippen MR) is 115 cm³/mol. The molecule has 0 unspecified atom stereocenters. The van der Waals surface area contributed by atoms with Crippen LogP contribution < -0.4 is 0 Å². The summed E-state index contributed by atoms with van der Waals surface area (Å²) in [6.07, 6.45) is 2.79. The summed E-state index contributed by atoms with van der Waals surface area (Å²) >= 11 is 0. The Kier molecular flexibility index (Phi) is 6.06. The number of nitrogens with zero attached hydrogens (tertiary/aromatic N) is 3. The van der Waals surface area contributed by atoms with Crippen LogP contribution in [0.15, 0.2) is 47.0 Å². The predicted octanol–water partition coefficient (Wildman–Crippen LogP) is 4.15. The molecule has 0 aliphatic carbocycles. The molecule has 158 valence electrons. The fraction of sp³-hybridized carbons (Fsp3) is 0.391. The van der Waals surface area contributed by atoms with E-state index in [4.69, 9.17) is 4.52 Å². The minimum atomic E-state index is -0.311. The number of rotatable bonds is 3. The van der Waals surface area contributed by atoms with Gasteiger partial charge in [-0.15, -0.1) is 12.4 Å². The Hall–Kier alpha value is -2.44. The SMILES string of the molecule is Cl.O=C(CN1CCC(c2noc3cc(F)ccc23)CC1)N1CCc2ccccc2C1. The second kappa shape index (κ2) is 8.74. The van der Waals surface area contributed by atoms with Gasteiger partial charge in [0.2, 0.25) is 5.91 Å². The van der Waals surface area contributed by atoms with Crippen LogP contribution in [0.3, 0.4) is 0 Å². The van der Waals surface area contributed by atoms with Crippen molar-refractivity contribution < 1.29 is 13.7 Å². The average molecular weight is 430 g/mol. The highest BCUT2D eigenvalue weighted by molar-refractivity contribution is 5.85. The zero-order chi connectivity index (χ0) is 19.8. The first-order valence-corrected chi connectivity index (χ1v) is 10.3. The number of hydrogen-bond acceptors (Lipinski definition) is 4. The molecule has 0 N–H and O–H groups in total. The summed E-state index contributed by atoms with van der Waals surface area (Å²) in [4.78, 5) is 17.0. The van der Waals surface area contributed by atoms with Gasteiger partial charge < -0.3 is 9.42 Å². The van der Waals surface area contributed by atoms with Crippen molar-refractivity contribution in [2.75, 3.05) is 26.2 Å². The number of likely N-dealkylation sites (tertiary alicyclic amines) is 1. The van der Waals surface area contributed by atoms with E-state index in [2.05, 4.69) is 28.3 Å². The van der Waals surface area contributed by atoms with Gasteiger partial charge in [-0.05, 0) is 55.6 Å². The van der Waals surface area contributed by atoms with Crippen molar-refractivity contribution in [1.82, 2.24) is 15.0 Å². The maximum absolute atomic E-state index is 13.4. The van der Waals surface area contributed by atoms with Crippen LogP contribution in [0, 0.1) is 5.82 Å². The van der Waals surface area contributed by atoms with E-state index in [-0.39, 0.29) is 30.0 Å². The number of hydrogen-bond donors (Lipinski definition) is 0. The molecule has 1 amide bonds. The average Bonchev–Trinajstić information content (AvgIpc) is 3.17. The van der Waals surface area contributed by atoms with Crippen LogP contribution in [-0.4, -0.2) is 47.0 Å². The highest BCUT2D eigenvalue weighted by atomic mass is 35.5. The van der Waals surface area contributed by atoms with Gasteiger partial charge in [-0.1, -0.05) is 29.4 Å². The summed E-state index contributed by atoms with van der Waals surface area (Å²) in [5.74, 6) is 0.184. The quantitative estimate of drug-likeness (QED) is 0.627. The molecular formula is C23H25ClFN3O2. The smallest absolute Gasteiger partial charge is 0.237 e. The molecule has 1 saturated heterocycles. The van der Waals surface area contributed by atoms with E-state index >= 15 is 0 Å². The zero-order valence-electron chi connectivity index (χ0n) is 16.7. The van der Waals surface area contributed by atoms with Crippen LogP contribution in [0.25, 0.3) is 11.0 Å². The lowest BCUT2D eigenvalue weighted by Crippen LogP contribution is -2.44. The third-order valence-electron chi connectivity index (χ3n) is 6.28. The maximum Gasteiger partial charge on any atom is 0.237 e. The molecule has 1 fully saturated rings. The van der Waals surface area contributed by atoms with Crippen molar-refractivity contribution >= 4 is 29.3 Å². The van der Waals surface area contributed by atoms with Crippen molar-refractivity contribution in [3.8, 4) is 0 Å². The topological polar surface area (TPSA) is 49.6 Å². The second-order valence-electron chi connectivity index (χ2n) is 8.09. The maximum atomic E-state index is 13.4. The molecular weight excluding hydrogens is 405 g/mol. The summed E-state index contributed by atoms with van der Waals surface area (Å²) < 4.78 is 18.7. The molecule has 0 saturated carbocycles. The lowest BCUT2D eigenvalue weighted by atomic mass is 9.91. The van der Waals surface area contributed by atoms with Crippen LogP contribution in [-0.2, 0) is 17.8 Å². The molecule has 2 aliphatic rings. The first-order chi connectivity index (χ1) is 14.2. The van der Waals surface area contributed by atoms with Gasteiger partial charge in [0, 0.05) is 30.5 Å². The van der Waals surface area contributed by atoms with Gasteiger partial charge in [0.1, 0.15) is 5.82 Å². The minimum Gasteiger partial charge on any atom is -0.356 e. The third kappa shape index (κ3) is 4.07. The summed E-state index contributed by atoms with van der Waals surface area (Å²) in [6.45, 7) is 3.70. The molecule has 5 rings (SSSR count). The zero-order valence-corrected chi connectivity index (χ0v) is 17.5. The van der Waals surface area contributed by atoms with Gasteiger partial charge in [-0.3, -0.25) is 9.69 Å². The van der Waals surface area contributed by atoms with E-state index in [9.17, 15) is 9.18 Å². The number of halogens is 2. The number of piperidine rings is 1. The Bertz CT molecular complexity index is 1050. The van der Waals surface area contributed by atoms with Gasteiger partial charge >= 0.3 is 0 Å². The van der Waals surface area contributed by atoms with Gasteiger partial charge in [-0.25, -0.2) is 4.39 Å². The number of fused-ring (bicyclic) bond motifs is 2. The van der Waals surface area contributed by atoms with Gasteiger partial charge in [0.15, 0.2) is 5.58 Å². The highest BCUT2D eigenvalue weighted by Crippen LogP contribution is 2.32. The fourth-order valence-corrected chi connectivity index (χ4v) is 4.59. The molecule has 7 heteroatoms. The summed E-state index contributed by atoms with van der Waals surface area (Å²) in [5.41, 5.74) is 4.04. The Morgan fingerprint density at radius 3 is 2.67 bits per heavy atom. The first-order valence-electron chi connectivity index (χ1n) is 10.3. The van der Waals surface area contributed by atoms with E-state index < -0.39 is 0 Å². The summed E-state index contributed by atoms with van der Waals surface area (Å²) in [7, 11) is 0. The molecule has 3 aromatic rings. The molecule has 0 radical (unpaired) electrons. The Balaban J connectivity index is 0.00000218. The van der Waals surface area contributed by atoms with Gasteiger partial charge in [0.25, 0.3) is 0 Å². The van der Waals surface area contributed by atoms with Crippen molar-refractivity contribution in [2.45, 2.75) is 31.7 Å². The van der Waals surface area contributed by atoms with E-state index in [0.717, 1.165) is 50.0 Å². The van der Waals surface area contributed by atoms with Crippen LogP contribution in [0.4, 0.5) is 4.39 Å². The summed E-state index contributed by atoms with van der Waals surface area (Å²) in [5, 5.41) is 5.10. The molecule has 3 heterocycles. The van der Waals surface area contributed by atoms with Crippen LogP contribution in [0.2, 0.25) is 0 Å². The molecule has 1 aromatic heterocycles. The second-order valence-corrected chi connectivity index (χ2v) is 8.09. The van der Waals surface area contributed by atoms with E-state index in [1.165, 1.54) is 23.3 Å². The first kappa shape index (κ1) is 20.8. The molecule has 0 bridgehead atoms. The normalized spacial score (nSPS) is 17.6. The van der Waals surface area contributed by atoms with Crippen molar-refractivity contribution in [2.24, 2.45) is 0 Å². The number of carbonyl (C=O) groups excluding carboxylic acids is 1. The molecule has 0 atom stereocenters. The molecule has 2 aromatic carbocycles. The van der Waals surface area contributed by atoms with Crippen LogP contribution >= 0.6 is 12.4 Å². The van der Waals surface area contributed by atoms with E-state index in [1.807, 2.05) is 11.0 Å². The standard InChI is InChI=1S/C23H24FN3O2.ClH/c24-19-5-6-20-21(13-19)29-25-23(20)17-7-10-26(11-8-17)15-22(28)27-12-9-16-3-1-2-4-18(16)14-27;/h1-6,13,17H,7-12,14-15H2;1H. The molecule has 2 aliphatic heterocycles. The minimum absolute atomic E-state index is 0. The Labute approximate surface area is 181 Å².